The topological polar surface area (TPSA) is 248 Å². The smallest absolute Gasteiger partial charge is 0.337 e. The fraction of sp³-hybridized carbons (Fsp3) is 0.468. The van der Waals surface area contributed by atoms with Crippen LogP contribution in [0.4, 0.5) is 22.7 Å². The van der Waals surface area contributed by atoms with Crippen LogP contribution < -0.4 is 43.3 Å². The fourth-order valence-corrected chi connectivity index (χ4v) is 22.9. The van der Waals surface area contributed by atoms with Gasteiger partial charge in [-0.3, -0.25) is 43.3 Å². The number of carbonyl (C=O) groups excluding carboxylic acids is 10. The third-order valence-corrected chi connectivity index (χ3v) is 26.4. The Balaban J connectivity index is 0.0000000999. The Morgan fingerprint density at radius 2 is 0.590 bits per heavy atom. The van der Waals surface area contributed by atoms with Crippen LogP contribution in [0.3, 0.4) is 0 Å². The van der Waals surface area contributed by atoms with Gasteiger partial charge in [-0.1, -0.05) is 48.6 Å². The summed E-state index contributed by atoms with van der Waals surface area (Å²) in [5.41, 5.74) is 2.08. The molecule has 4 saturated heterocycles. The summed E-state index contributed by atoms with van der Waals surface area (Å²) in [5, 5.41) is 0. The molecule has 4 aromatic rings. The molecule has 4 aromatic carbocycles. The molecule has 8 saturated carbocycles. The number of ether oxygens (including phenoxy) is 7. The predicted molar refractivity (Wildman–Crippen MR) is 359 cm³/mol. The first kappa shape index (κ1) is 63.8. The van der Waals surface area contributed by atoms with Crippen LogP contribution in [0.5, 0.6) is 28.7 Å². The quantitative estimate of drug-likeness (QED) is 0.0587. The first-order valence-corrected chi connectivity index (χ1v) is 35.1. The van der Waals surface area contributed by atoms with Crippen LogP contribution in [0.1, 0.15) is 59.2 Å². The van der Waals surface area contributed by atoms with Crippen molar-refractivity contribution in [3.63, 3.8) is 0 Å². The van der Waals surface area contributed by atoms with E-state index in [9.17, 15) is 47.9 Å². The van der Waals surface area contributed by atoms with E-state index in [0.717, 1.165) is 36.3 Å². The van der Waals surface area contributed by atoms with Crippen molar-refractivity contribution in [1.29, 1.82) is 0 Å². The molecule has 8 amide bonds. The van der Waals surface area contributed by atoms with Crippen molar-refractivity contribution in [1.82, 2.24) is 0 Å². The minimum atomic E-state index is -0.668. The number of anilines is 4. The molecule has 0 aromatic heterocycles. The van der Waals surface area contributed by atoms with E-state index in [4.69, 9.17) is 33.2 Å². The summed E-state index contributed by atoms with van der Waals surface area (Å²) in [6.45, 7) is 0. The van der Waals surface area contributed by atoms with Crippen molar-refractivity contribution in [3.8, 4) is 28.7 Å². The number of amides is 8. The van der Waals surface area contributed by atoms with Gasteiger partial charge in [-0.2, -0.15) is 0 Å². The SMILES string of the molecule is COC(=O)c1cc(C(=O)OC)cc(N2C(=O)C3C4C=CC(C4)C3C2=O)c1.COc1ccc(N2C(=O)C3C4C=CC(C4)C3C2=O)c(OC)c1.COc1ccc(N2C(=O)C3C4CC(C3C2=O)C2C3C=CC(C3)C42)c(OC)c1.COc1ccc(N2C(=O)C3C4CC(C3C2=O)C2C3C=CC(C3)C42)cc1. The van der Waals surface area contributed by atoms with E-state index in [1.165, 1.54) is 67.1 Å². The van der Waals surface area contributed by atoms with Gasteiger partial charge in [0.25, 0.3) is 0 Å². The maximum Gasteiger partial charge on any atom is 0.337 e. The van der Waals surface area contributed by atoms with Crippen molar-refractivity contribution < 1.29 is 81.1 Å². The van der Waals surface area contributed by atoms with Crippen LogP contribution in [0.2, 0.25) is 0 Å². The lowest BCUT2D eigenvalue weighted by atomic mass is 9.65. The lowest BCUT2D eigenvalue weighted by molar-refractivity contribution is -0.125. The molecule has 4 aliphatic heterocycles. The van der Waals surface area contributed by atoms with Gasteiger partial charge in [0, 0.05) is 12.1 Å². The van der Waals surface area contributed by atoms with Crippen LogP contribution in [-0.2, 0) is 47.8 Å². The van der Waals surface area contributed by atoms with E-state index >= 15 is 0 Å². The third-order valence-electron chi connectivity index (χ3n) is 26.4. The Labute approximate surface area is 577 Å². The molecule has 12 aliphatic carbocycles. The Morgan fingerprint density at radius 3 is 0.920 bits per heavy atom. The second kappa shape index (κ2) is 23.7. The van der Waals surface area contributed by atoms with Gasteiger partial charge < -0.3 is 33.2 Å². The summed E-state index contributed by atoms with van der Waals surface area (Å²) < 4.78 is 35.8. The number of hydrogen-bond acceptors (Lipinski definition) is 17. The molecule has 20 rings (SSSR count). The second-order valence-electron chi connectivity index (χ2n) is 30.0. The molecular formula is C79H78N4O17. The summed E-state index contributed by atoms with van der Waals surface area (Å²) in [6.07, 6.45) is 24.1. The second-order valence-corrected chi connectivity index (χ2v) is 30.0. The standard InChI is InChI=1S/C22H23NO4.C21H21NO3.C19H17NO6.C17H17NO4/c1-26-12-5-6-15(16(8-12)27-2)23-21(24)19-13-9-14(20(19)22(23)25)18-11-4-3-10(7-11)17(13)18;1-25-13-6-4-12(5-7-13)22-20(23)18-14-9-15(19(18)21(22)24)17-11-3-2-10(8-11)16(14)17;1-25-18(23)11-6-12(19(24)26-2)8-13(7-11)20-16(21)14-9-3-4-10(5-9)15(14)17(20)22;1-21-11-5-6-12(13(8-11)22-2)18-16(19)14-9-3-4-10(7-9)15(14)17(18)20/h3-6,8,10-11,13-14,17-20H,7,9H2,1-2H3;2-7,10-11,14-19H,8-9H2,1H3;3-4,6-10,14-15H,5H2,1-2H3;3-6,8-10,14-15H,7H2,1-2H3. The Bertz CT molecular complexity index is 4190. The van der Waals surface area contributed by atoms with Gasteiger partial charge in [0.05, 0.1) is 131 Å². The average molecular weight is 1360 g/mol. The highest BCUT2D eigenvalue weighted by molar-refractivity contribution is 6.26. The van der Waals surface area contributed by atoms with E-state index in [-0.39, 0.29) is 135 Å². The number of rotatable bonds is 11. The van der Waals surface area contributed by atoms with E-state index in [1.807, 2.05) is 36.4 Å². The van der Waals surface area contributed by atoms with Crippen LogP contribution >= 0.6 is 0 Å². The highest BCUT2D eigenvalue weighted by atomic mass is 16.5. The molecule has 24 unspecified atom stereocenters. The van der Waals surface area contributed by atoms with Gasteiger partial charge in [-0.05, 0) is 200 Å². The lowest BCUT2D eigenvalue weighted by Crippen LogP contribution is -2.38. The zero-order valence-corrected chi connectivity index (χ0v) is 56.5. The molecular weight excluding hydrogens is 1280 g/mol. The minimum absolute atomic E-state index is 0.0221. The summed E-state index contributed by atoms with van der Waals surface area (Å²) in [6, 6.07) is 21.8. The van der Waals surface area contributed by atoms with Crippen LogP contribution in [0.25, 0.3) is 0 Å². The van der Waals surface area contributed by atoms with Crippen molar-refractivity contribution in [2.45, 2.75) is 38.5 Å². The van der Waals surface area contributed by atoms with Gasteiger partial charge in [-0.25, -0.2) is 24.3 Å². The van der Waals surface area contributed by atoms with Crippen molar-refractivity contribution in [3.05, 3.63) is 139 Å². The Morgan fingerprint density at radius 1 is 0.300 bits per heavy atom. The van der Waals surface area contributed by atoms with Crippen LogP contribution in [0, 0.1) is 142 Å². The van der Waals surface area contributed by atoms with Crippen LogP contribution in [0.15, 0.2) is 127 Å². The number of nitrogens with zero attached hydrogens (tertiary/aromatic N) is 4. The number of hydrogen-bond donors (Lipinski definition) is 0. The highest BCUT2D eigenvalue weighted by Gasteiger charge is 2.73. The molecule has 4 heterocycles. The maximum absolute atomic E-state index is 13.4. The number of methoxy groups -OCH3 is 7. The van der Waals surface area contributed by atoms with Crippen LogP contribution in [-0.4, -0.2) is 109 Å². The number of fused-ring (bicyclic) bond motifs is 34. The number of benzene rings is 4. The monoisotopic (exact) mass is 1350 g/mol. The predicted octanol–water partition coefficient (Wildman–Crippen LogP) is 9.37. The van der Waals surface area contributed by atoms with Gasteiger partial charge in [0.15, 0.2) is 0 Å². The molecule has 12 bridgehead atoms. The number of carbonyl (C=O) groups is 10. The van der Waals surface area contributed by atoms with Crippen molar-refractivity contribution >= 4 is 81.9 Å². The van der Waals surface area contributed by atoms with Gasteiger partial charge in [0.2, 0.25) is 47.3 Å². The molecule has 0 N–H and O–H groups in total. The van der Waals surface area contributed by atoms with Crippen molar-refractivity contribution in [2.24, 2.45) is 142 Å². The first-order valence-electron chi connectivity index (χ1n) is 35.1. The molecule has 21 heteroatoms. The van der Waals surface area contributed by atoms with Gasteiger partial charge in [-0.15, -0.1) is 0 Å². The molecule has 0 radical (unpaired) electrons. The van der Waals surface area contributed by atoms with Gasteiger partial charge >= 0.3 is 11.9 Å². The number of esters is 2. The summed E-state index contributed by atoms with van der Waals surface area (Å²) >= 11 is 0. The maximum atomic E-state index is 13.4. The zero-order chi connectivity index (χ0) is 69.3. The summed E-state index contributed by atoms with van der Waals surface area (Å²) in [5.74, 6) is 6.61. The third kappa shape index (κ3) is 9.09. The summed E-state index contributed by atoms with van der Waals surface area (Å²) in [4.78, 5) is 134. The molecule has 0 spiro atoms. The minimum Gasteiger partial charge on any atom is -0.497 e. The first-order chi connectivity index (χ1) is 48.4. The Hall–Kier alpha value is -9.66. The number of allylic oxidation sites excluding steroid dienone is 8. The average Bonchev–Trinajstić information content (AvgIpc) is 1.52. The molecule has 516 valence electrons. The van der Waals surface area contributed by atoms with E-state index in [0.29, 0.717) is 111 Å². The molecule has 24 atom stereocenters. The van der Waals surface area contributed by atoms with Gasteiger partial charge in [0.1, 0.15) is 28.7 Å². The van der Waals surface area contributed by atoms with E-state index in [2.05, 4.69) is 36.5 Å². The number of imide groups is 4. The van der Waals surface area contributed by atoms with E-state index in [1.54, 1.807) is 64.8 Å². The summed E-state index contributed by atoms with van der Waals surface area (Å²) in [7, 11) is 10.3. The fourth-order valence-electron chi connectivity index (χ4n) is 22.9. The molecule has 21 nitrogen and oxygen atoms in total. The van der Waals surface area contributed by atoms with E-state index < -0.39 is 11.9 Å². The Kier molecular flexibility index (Phi) is 15.1. The lowest BCUT2D eigenvalue weighted by Gasteiger charge is -2.36. The molecule has 100 heavy (non-hydrogen) atoms. The zero-order valence-electron chi connectivity index (χ0n) is 56.5. The molecule has 16 aliphatic rings. The highest BCUT2D eigenvalue weighted by Crippen LogP contribution is 2.72. The normalized spacial score (nSPS) is 37.3. The van der Waals surface area contributed by atoms with Crippen molar-refractivity contribution in [2.75, 3.05) is 69.4 Å². The largest absolute Gasteiger partial charge is 0.497 e. The molecule has 12 fully saturated rings.